The lowest BCUT2D eigenvalue weighted by Crippen LogP contribution is -2.41. The minimum atomic E-state index is -1.86. The third kappa shape index (κ3) is 7.33. The van der Waals surface area contributed by atoms with Gasteiger partial charge in [-0.3, -0.25) is 0 Å². The predicted octanol–water partition coefficient (Wildman–Crippen LogP) is 9.74. The molecule has 0 saturated heterocycles. The smallest absolute Gasteiger partial charge is 0.126 e. The van der Waals surface area contributed by atoms with Crippen molar-refractivity contribution in [3.8, 4) is 47.1 Å². The van der Waals surface area contributed by atoms with Crippen LogP contribution in [0.3, 0.4) is 0 Å². The van der Waals surface area contributed by atoms with Crippen LogP contribution in [0.1, 0.15) is 83.2 Å². The quantitative estimate of drug-likeness (QED) is 0.174. The molecule has 0 aliphatic carbocycles. The molecule has 0 unspecified atom stereocenters. The van der Waals surface area contributed by atoms with Gasteiger partial charge in [0.25, 0.3) is 0 Å². The van der Waals surface area contributed by atoms with E-state index in [0.717, 1.165) is 31.4 Å². The topological polar surface area (TPSA) is 0 Å². The van der Waals surface area contributed by atoms with Crippen LogP contribution >= 0.6 is 22.6 Å². The molecule has 0 N–H and O–H groups in total. The molecule has 0 saturated carbocycles. The lowest BCUT2D eigenvalue weighted by molar-refractivity contribution is 0.462. The maximum Gasteiger partial charge on any atom is 0.138 e. The van der Waals surface area contributed by atoms with E-state index in [4.69, 9.17) is 6.42 Å². The molecule has 0 amide bonds. The fourth-order valence-corrected chi connectivity index (χ4v) is 9.12. The summed E-state index contributed by atoms with van der Waals surface area (Å²) < 4.78 is 1.06. The van der Waals surface area contributed by atoms with Gasteiger partial charge in [-0.1, -0.05) is 123 Å². The zero-order valence-electron chi connectivity index (χ0n) is 26.1. The van der Waals surface area contributed by atoms with Gasteiger partial charge in [-0.05, 0) is 68.8 Å². The summed E-state index contributed by atoms with van der Waals surface area (Å²) in [4.78, 5) is 0. The van der Waals surface area contributed by atoms with E-state index >= 15 is 0 Å². The third-order valence-corrected chi connectivity index (χ3v) is 19.9. The van der Waals surface area contributed by atoms with E-state index in [-0.39, 0.29) is 10.1 Å². The molecule has 0 bridgehead atoms. The van der Waals surface area contributed by atoms with Crippen LogP contribution in [0.15, 0.2) is 36.4 Å². The van der Waals surface area contributed by atoms with E-state index in [1.54, 1.807) is 0 Å². The third-order valence-electron chi connectivity index (χ3n) is 9.67. The molecule has 2 rings (SSSR count). The highest BCUT2D eigenvalue weighted by molar-refractivity contribution is 14.1. The predicted molar refractivity (Wildman–Crippen MR) is 186 cm³/mol. The second-order valence-electron chi connectivity index (χ2n) is 13.3. The van der Waals surface area contributed by atoms with Crippen molar-refractivity contribution in [2.75, 3.05) is 0 Å². The molecular formula is C36H45ISi2. The van der Waals surface area contributed by atoms with Gasteiger partial charge in [0.1, 0.15) is 16.1 Å². The van der Waals surface area contributed by atoms with Gasteiger partial charge in [-0.25, -0.2) is 0 Å². The Morgan fingerprint density at radius 3 is 1.54 bits per heavy atom. The van der Waals surface area contributed by atoms with E-state index < -0.39 is 16.1 Å². The number of halogens is 1. The fourth-order valence-electron chi connectivity index (χ4n) is 3.96. The zero-order valence-corrected chi connectivity index (χ0v) is 30.2. The van der Waals surface area contributed by atoms with Crippen LogP contribution in [0, 0.1) is 62.5 Å². The van der Waals surface area contributed by atoms with E-state index in [1.807, 2.05) is 24.3 Å². The first-order chi connectivity index (χ1) is 17.9. The van der Waals surface area contributed by atoms with Crippen LogP contribution in [0.2, 0.25) is 36.3 Å². The summed E-state index contributed by atoms with van der Waals surface area (Å²) in [7, 11) is -3.70. The van der Waals surface area contributed by atoms with Gasteiger partial charge in [-0.15, -0.1) is 17.5 Å². The molecule has 2 aromatic rings. The van der Waals surface area contributed by atoms with Crippen molar-refractivity contribution in [3.05, 3.63) is 67.8 Å². The summed E-state index contributed by atoms with van der Waals surface area (Å²) in [6, 6.07) is 12.1. The Bertz CT molecular complexity index is 1440. The van der Waals surface area contributed by atoms with Crippen LogP contribution in [0.4, 0.5) is 0 Å². The van der Waals surface area contributed by atoms with Crippen LogP contribution in [0.25, 0.3) is 0 Å². The molecule has 0 nitrogen and oxygen atoms in total. The molecule has 3 heteroatoms. The van der Waals surface area contributed by atoms with Gasteiger partial charge >= 0.3 is 0 Å². The molecule has 204 valence electrons. The van der Waals surface area contributed by atoms with Crippen molar-refractivity contribution in [1.82, 2.24) is 0 Å². The first kappa shape index (κ1) is 33.1. The van der Waals surface area contributed by atoms with Crippen LogP contribution in [-0.2, 0) is 0 Å². The summed E-state index contributed by atoms with van der Waals surface area (Å²) >= 11 is 2.41. The highest BCUT2D eigenvalue weighted by Crippen LogP contribution is 2.44. The van der Waals surface area contributed by atoms with Crippen LogP contribution in [0.5, 0.6) is 0 Å². The Morgan fingerprint density at radius 1 is 0.641 bits per heavy atom. The first-order valence-corrected chi connectivity index (χ1v) is 20.9. The monoisotopic (exact) mass is 660 g/mol. The molecule has 0 radical (unpaired) electrons. The second kappa shape index (κ2) is 12.6. The minimum absolute atomic E-state index is 0.190. The van der Waals surface area contributed by atoms with Gasteiger partial charge in [-0.2, -0.15) is 0 Å². The first-order valence-electron chi connectivity index (χ1n) is 13.9. The fraction of sp³-hybridized carbons (Fsp3) is 0.444. The summed E-state index contributed by atoms with van der Waals surface area (Å²) in [5.41, 5.74) is 12.1. The maximum atomic E-state index is 5.75. The minimum Gasteiger partial charge on any atom is -0.126 e. The number of terminal acetylenes is 1. The Balaban J connectivity index is 2.76. The van der Waals surface area contributed by atoms with E-state index in [2.05, 4.69) is 157 Å². The van der Waals surface area contributed by atoms with Crippen molar-refractivity contribution < 1.29 is 0 Å². The standard InChI is InChI=1S/C36H45ISi2/c1-14-29-17-15-16-18-30(29)21-22-33-31(23-25-38(10,11)35(6,7)27(2)3)19-20-32(34(33)37)24-26-39(12,13)36(8,9)28(4)5/h1,15-20,27-28H,2-13H3. The van der Waals surface area contributed by atoms with Crippen molar-refractivity contribution in [3.63, 3.8) is 0 Å². The highest BCUT2D eigenvalue weighted by Gasteiger charge is 2.41. The molecule has 2 aromatic carbocycles. The molecule has 0 spiro atoms. The van der Waals surface area contributed by atoms with Crippen molar-refractivity contribution in [2.24, 2.45) is 11.8 Å². The molecule has 0 atom stereocenters. The average molecular weight is 661 g/mol. The molecule has 39 heavy (non-hydrogen) atoms. The van der Waals surface area contributed by atoms with Crippen molar-refractivity contribution >= 4 is 38.7 Å². The lowest BCUT2D eigenvalue weighted by atomic mass is 9.99. The Hall–Kier alpha value is -2.16. The molecule has 0 aliphatic rings. The maximum absolute atomic E-state index is 5.75. The largest absolute Gasteiger partial charge is 0.138 e. The van der Waals surface area contributed by atoms with Crippen LogP contribution in [-0.4, -0.2) is 16.1 Å². The highest BCUT2D eigenvalue weighted by atomic mass is 127. The Labute approximate surface area is 255 Å². The molecule has 0 fully saturated rings. The molecular weight excluding hydrogens is 615 g/mol. The second-order valence-corrected chi connectivity index (χ2v) is 23.9. The number of benzene rings is 2. The lowest BCUT2D eigenvalue weighted by Gasteiger charge is -2.39. The van der Waals surface area contributed by atoms with E-state index in [1.165, 1.54) is 0 Å². The molecule has 0 aromatic heterocycles. The SMILES string of the molecule is C#Cc1ccccc1C#Cc1c(C#C[Si](C)(C)C(C)(C)C(C)C)ccc(C#C[Si](C)(C)C(C)(C)C(C)C)c1I. The summed E-state index contributed by atoms with van der Waals surface area (Å²) in [5, 5.41) is 0.396. The van der Waals surface area contributed by atoms with Gasteiger partial charge in [0.2, 0.25) is 0 Å². The van der Waals surface area contributed by atoms with Gasteiger partial charge in [0.15, 0.2) is 0 Å². The molecule has 0 heterocycles. The van der Waals surface area contributed by atoms with Crippen molar-refractivity contribution in [1.29, 1.82) is 0 Å². The summed E-state index contributed by atoms with van der Waals surface area (Å²) in [6.45, 7) is 28.2. The van der Waals surface area contributed by atoms with Gasteiger partial charge < -0.3 is 0 Å². The number of hydrogen-bond acceptors (Lipinski definition) is 0. The normalized spacial score (nSPS) is 12.1. The van der Waals surface area contributed by atoms with E-state index in [0.29, 0.717) is 11.8 Å². The van der Waals surface area contributed by atoms with Crippen molar-refractivity contribution in [2.45, 2.75) is 91.7 Å². The zero-order chi connectivity index (χ0) is 29.8. The Kier molecular flexibility index (Phi) is 10.7. The van der Waals surface area contributed by atoms with Crippen LogP contribution < -0.4 is 0 Å². The van der Waals surface area contributed by atoms with Gasteiger partial charge in [0.05, 0.1) is 5.56 Å². The number of hydrogen-bond donors (Lipinski definition) is 0. The summed E-state index contributed by atoms with van der Waals surface area (Å²) in [6.07, 6.45) is 5.75. The number of rotatable bonds is 4. The summed E-state index contributed by atoms with van der Waals surface area (Å²) in [5.74, 6) is 17.9. The molecule has 0 aliphatic heterocycles. The average Bonchev–Trinajstić information content (AvgIpc) is 2.85. The Morgan fingerprint density at radius 2 is 1.08 bits per heavy atom. The van der Waals surface area contributed by atoms with E-state index in [9.17, 15) is 0 Å². The van der Waals surface area contributed by atoms with Gasteiger partial charge in [0, 0.05) is 25.8 Å².